The number of rotatable bonds is 3. The number of hydrogen-bond acceptors (Lipinski definition) is 3. The van der Waals surface area contributed by atoms with Crippen LogP contribution in [0.1, 0.15) is 25.3 Å². The number of para-hydroxylation sites is 1. The van der Waals surface area contributed by atoms with Crippen molar-refractivity contribution in [1.29, 1.82) is 0 Å². The molecule has 0 amide bonds. The lowest BCUT2D eigenvalue weighted by Crippen LogP contribution is -2.28. The third-order valence-corrected chi connectivity index (χ3v) is 3.96. The Morgan fingerprint density at radius 2 is 2.24 bits per heavy atom. The van der Waals surface area contributed by atoms with E-state index < -0.39 is 5.97 Å². The van der Waals surface area contributed by atoms with Crippen LogP contribution in [-0.2, 0) is 4.79 Å². The molecule has 1 aromatic carbocycles. The van der Waals surface area contributed by atoms with E-state index in [9.17, 15) is 4.79 Å². The predicted octanol–water partition coefficient (Wildman–Crippen LogP) is 3.32. The Hall–Kier alpha value is -2.36. The van der Waals surface area contributed by atoms with Gasteiger partial charge in [0.05, 0.1) is 5.52 Å². The first-order valence-corrected chi connectivity index (χ1v) is 7.22. The number of fused-ring (bicyclic) bond motifs is 1. The number of pyridine rings is 1. The van der Waals surface area contributed by atoms with Crippen LogP contribution in [0.3, 0.4) is 0 Å². The molecule has 1 saturated heterocycles. The van der Waals surface area contributed by atoms with Gasteiger partial charge < -0.3 is 10.0 Å². The van der Waals surface area contributed by atoms with Crippen molar-refractivity contribution in [2.45, 2.75) is 25.8 Å². The van der Waals surface area contributed by atoms with Gasteiger partial charge in [-0.3, -0.25) is 0 Å². The average molecular weight is 282 g/mol. The zero-order chi connectivity index (χ0) is 14.8. The van der Waals surface area contributed by atoms with Crippen LogP contribution in [0.4, 0.5) is 5.82 Å². The van der Waals surface area contributed by atoms with E-state index in [0.717, 1.165) is 41.7 Å². The van der Waals surface area contributed by atoms with Crippen LogP contribution in [0.15, 0.2) is 36.4 Å². The van der Waals surface area contributed by atoms with Gasteiger partial charge in [-0.1, -0.05) is 18.2 Å². The third kappa shape index (κ3) is 2.75. The largest absolute Gasteiger partial charge is 0.478 e. The molecule has 4 nitrogen and oxygen atoms in total. The highest BCUT2D eigenvalue weighted by Gasteiger charge is 2.23. The Kier molecular flexibility index (Phi) is 3.60. The van der Waals surface area contributed by atoms with Gasteiger partial charge in [-0.25, -0.2) is 9.78 Å². The molecule has 2 aromatic rings. The van der Waals surface area contributed by atoms with Crippen LogP contribution in [0.5, 0.6) is 0 Å². The minimum atomic E-state index is -0.941. The lowest BCUT2D eigenvalue weighted by Gasteiger charge is -2.24. The van der Waals surface area contributed by atoms with Crippen LogP contribution in [0.25, 0.3) is 17.0 Å². The molecule has 1 aromatic heterocycles. The number of carbonyl (C=O) groups is 1. The normalized spacial score (nSPS) is 18.7. The van der Waals surface area contributed by atoms with Gasteiger partial charge in [0.15, 0.2) is 0 Å². The second-order valence-corrected chi connectivity index (χ2v) is 5.45. The fourth-order valence-electron chi connectivity index (χ4n) is 2.88. The lowest BCUT2D eigenvalue weighted by molar-refractivity contribution is -0.131. The van der Waals surface area contributed by atoms with E-state index in [1.165, 1.54) is 6.08 Å². The van der Waals surface area contributed by atoms with Crippen molar-refractivity contribution >= 4 is 28.8 Å². The van der Waals surface area contributed by atoms with Crippen LogP contribution < -0.4 is 4.90 Å². The number of carboxylic acid groups (broad SMARTS) is 1. The molecule has 1 fully saturated rings. The molecule has 0 aliphatic carbocycles. The summed E-state index contributed by atoms with van der Waals surface area (Å²) in [6.07, 6.45) is 5.12. The molecule has 0 saturated carbocycles. The van der Waals surface area contributed by atoms with E-state index >= 15 is 0 Å². The molecule has 2 heterocycles. The zero-order valence-electron chi connectivity index (χ0n) is 12.0. The van der Waals surface area contributed by atoms with Crippen molar-refractivity contribution in [3.8, 4) is 0 Å². The fraction of sp³-hybridized carbons (Fsp3) is 0.294. The number of benzene rings is 1. The first kappa shape index (κ1) is 13.6. The van der Waals surface area contributed by atoms with Gasteiger partial charge in [0.2, 0.25) is 0 Å². The molecule has 0 spiro atoms. The van der Waals surface area contributed by atoms with Gasteiger partial charge in [0.25, 0.3) is 0 Å². The monoisotopic (exact) mass is 282 g/mol. The van der Waals surface area contributed by atoms with E-state index in [0.29, 0.717) is 6.04 Å². The van der Waals surface area contributed by atoms with Crippen LogP contribution in [-0.4, -0.2) is 28.6 Å². The molecule has 1 atom stereocenters. The maximum atomic E-state index is 10.8. The SMILES string of the molecule is CC1CCCN1c1nc2ccccc2cc1/C=C/C(=O)O. The Labute approximate surface area is 123 Å². The summed E-state index contributed by atoms with van der Waals surface area (Å²) in [4.78, 5) is 17.9. The minimum absolute atomic E-state index is 0.440. The van der Waals surface area contributed by atoms with Crippen molar-refractivity contribution in [2.75, 3.05) is 11.4 Å². The van der Waals surface area contributed by atoms with Crippen LogP contribution in [0.2, 0.25) is 0 Å². The molecule has 108 valence electrons. The number of hydrogen-bond donors (Lipinski definition) is 1. The number of carboxylic acids is 1. The molecule has 0 bridgehead atoms. The summed E-state index contributed by atoms with van der Waals surface area (Å²) >= 11 is 0. The van der Waals surface area contributed by atoms with Crippen molar-refractivity contribution in [3.05, 3.63) is 42.0 Å². The van der Waals surface area contributed by atoms with Crippen molar-refractivity contribution in [1.82, 2.24) is 4.98 Å². The molecule has 21 heavy (non-hydrogen) atoms. The summed E-state index contributed by atoms with van der Waals surface area (Å²) in [5.74, 6) is -0.0558. The maximum absolute atomic E-state index is 10.8. The van der Waals surface area contributed by atoms with Crippen molar-refractivity contribution in [3.63, 3.8) is 0 Å². The summed E-state index contributed by atoms with van der Waals surface area (Å²) in [7, 11) is 0. The quantitative estimate of drug-likeness (QED) is 0.877. The average Bonchev–Trinajstić information content (AvgIpc) is 2.90. The smallest absolute Gasteiger partial charge is 0.328 e. The topological polar surface area (TPSA) is 53.4 Å². The van der Waals surface area contributed by atoms with Gasteiger partial charge in [-0.05, 0) is 38.0 Å². The fourth-order valence-corrected chi connectivity index (χ4v) is 2.88. The highest BCUT2D eigenvalue weighted by Crippen LogP contribution is 2.30. The summed E-state index contributed by atoms with van der Waals surface area (Å²) < 4.78 is 0. The Morgan fingerprint density at radius 3 is 2.95 bits per heavy atom. The van der Waals surface area contributed by atoms with E-state index in [-0.39, 0.29) is 0 Å². The van der Waals surface area contributed by atoms with Gasteiger partial charge in [0, 0.05) is 29.6 Å². The number of nitrogens with zero attached hydrogens (tertiary/aromatic N) is 2. The van der Waals surface area contributed by atoms with Gasteiger partial charge in [-0.15, -0.1) is 0 Å². The van der Waals surface area contributed by atoms with E-state index in [1.54, 1.807) is 6.08 Å². The van der Waals surface area contributed by atoms with E-state index in [2.05, 4.69) is 11.8 Å². The summed E-state index contributed by atoms with van der Waals surface area (Å²) in [6.45, 7) is 3.16. The van der Waals surface area contributed by atoms with Crippen molar-refractivity contribution < 1.29 is 9.90 Å². The highest BCUT2D eigenvalue weighted by molar-refractivity contribution is 5.90. The van der Waals surface area contributed by atoms with Crippen molar-refractivity contribution in [2.24, 2.45) is 0 Å². The second-order valence-electron chi connectivity index (χ2n) is 5.45. The first-order valence-electron chi connectivity index (χ1n) is 7.22. The second kappa shape index (κ2) is 5.56. The zero-order valence-corrected chi connectivity index (χ0v) is 12.0. The molecule has 1 unspecified atom stereocenters. The Balaban J connectivity index is 2.14. The standard InChI is InChI=1S/C17H18N2O2/c1-12-5-4-10-19(12)17-14(8-9-16(20)21)11-13-6-2-3-7-15(13)18-17/h2-3,6-9,11-12H,4-5,10H2,1H3,(H,20,21)/b9-8+. The number of aromatic nitrogens is 1. The van der Waals surface area contributed by atoms with E-state index in [4.69, 9.17) is 10.1 Å². The molecule has 4 heteroatoms. The highest BCUT2D eigenvalue weighted by atomic mass is 16.4. The third-order valence-electron chi connectivity index (χ3n) is 3.96. The van der Waals surface area contributed by atoms with Gasteiger partial charge in [-0.2, -0.15) is 0 Å². The number of aliphatic carboxylic acids is 1. The summed E-state index contributed by atoms with van der Waals surface area (Å²) in [5.41, 5.74) is 1.81. The van der Waals surface area contributed by atoms with Gasteiger partial charge >= 0.3 is 5.97 Å². The van der Waals surface area contributed by atoms with E-state index in [1.807, 2.05) is 30.3 Å². The minimum Gasteiger partial charge on any atom is -0.478 e. The lowest BCUT2D eigenvalue weighted by atomic mass is 10.1. The van der Waals surface area contributed by atoms with Crippen LogP contribution >= 0.6 is 0 Å². The molecule has 0 radical (unpaired) electrons. The van der Waals surface area contributed by atoms with Gasteiger partial charge in [0.1, 0.15) is 5.82 Å². The molecule has 1 N–H and O–H groups in total. The number of anilines is 1. The predicted molar refractivity (Wildman–Crippen MR) is 84.5 cm³/mol. The molecule has 3 rings (SSSR count). The molecule has 1 aliphatic rings. The first-order chi connectivity index (χ1) is 10.1. The molecule has 1 aliphatic heterocycles. The molecular weight excluding hydrogens is 264 g/mol. The summed E-state index contributed by atoms with van der Waals surface area (Å²) in [5, 5.41) is 9.90. The molecular formula is C17H18N2O2. The van der Waals surface area contributed by atoms with Crippen LogP contribution in [0, 0.1) is 0 Å². The Bertz CT molecular complexity index is 709. The maximum Gasteiger partial charge on any atom is 0.328 e. The Morgan fingerprint density at radius 1 is 1.43 bits per heavy atom. The summed E-state index contributed by atoms with van der Waals surface area (Å²) in [6, 6.07) is 10.4.